The van der Waals surface area contributed by atoms with E-state index in [2.05, 4.69) is 10.9 Å². The highest BCUT2D eigenvalue weighted by Crippen LogP contribution is 2.28. The molecule has 0 aliphatic heterocycles. The first-order chi connectivity index (χ1) is 6.38. The molecule has 2 N–H and O–H groups in total. The van der Waals surface area contributed by atoms with Gasteiger partial charge in [-0.05, 0) is 33.6 Å². The van der Waals surface area contributed by atoms with Crippen molar-refractivity contribution in [1.29, 1.82) is 0 Å². The molecule has 0 aromatic rings. The molecule has 0 unspecified atom stereocenters. The average molecular weight is 200 g/mol. The molecule has 0 aromatic heterocycles. The second-order valence-electron chi connectivity index (χ2n) is 4.39. The molecule has 0 heterocycles. The standard InChI is InChI=1S/C9H16N2O3/c1-9(2,3)14-8(13)11-10-7(12)6-4-5-6/h6H,4-5H2,1-3H3,(H,10,12)(H,11,13). The Bertz CT molecular complexity index is 241. The van der Waals surface area contributed by atoms with Gasteiger partial charge in [0.2, 0.25) is 5.91 Å². The Morgan fingerprint density at radius 3 is 2.21 bits per heavy atom. The number of nitrogens with one attached hydrogen (secondary N) is 2. The van der Waals surface area contributed by atoms with Gasteiger partial charge in [0.25, 0.3) is 0 Å². The van der Waals surface area contributed by atoms with Gasteiger partial charge in [-0.25, -0.2) is 10.2 Å². The highest BCUT2D eigenvalue weighted by molar-refractivity contribution is 5.82. The molecule has 0 radical (unpaired) electrons. The predicted molar refractivity (Wildman–Crippen MR) is 50.2 cm³/mol. The highest BCUT2D eigenvalue weighted by atomic mass is 16.6. The molecule has 0 atom stereocenters. The maximum Gasteiger partial charge on any atom is 0.426 e. The van der Waals surface area contributed by atoms with Crippen molar-refractivity contribution in [2.24, 2.45) is 5.92 Å². The van der Waals surface area contributed by atoms with Crippen LogP contribution in [0.15, 0.2) is 0 Å². The van der Waals surface area contributed by atoms with E-state index in [0.29, 0.717) is 0 Å². The van der Waals surface area contributed by atoms with Crippen molar-refractivity contribution < 1.29 is 14.3 Å². The predicted octanol–water partition coefficient (Wildman–Crippen LogP) is 0.952. The van der Waals surface area contributed by atoms with Crippen molar-refractivity contribution in [2.45, 2.75) is 39.2 Å². The van der Waals surface area contributed by atoms with Crippen LogP contribution < -0.4 is 10.9 Å². The van der Waals surface area contributed by atoms with E-state index in [0.717, 1.165) is 12.8 Å². The normalized spacial score (nSPS) is 15.9. The zero-order chi connectivity index (χ0) is 10.8. The Morgan fingerprint density at radius 1 is 1.21 bits per heavy atom. The highest BCUT2D eigenvalue weighted by Gasteiger charge is 2.30. The second-order valence-corrected chi connectivity index (χ2v) is 4.39. The zero-order valence-electron chi connectivity index (χ0n) is 8.72. The van der Waals surface area contributed by atoms with Crippen LogP contribution in [0.25, 0.3) is 0 Å². The molecule has 5 heteroatoms. The number of carbonyl (C=O) groups is 2. The van der Waals surface area contributed by atoms with E-state index in [1.54, 1.807) is 20.8 Å². The number of rotatable bonds is 1. The third-order valence-electron chi connectivity index (χ3n) is 1.63. The van der Waals surface area contributed by atoms with E-state index in [1.165, 1.54) is 0 Å². The van der Waals surface area contributed by atoms with Crippen LogP contribution in [0, 0.1) is 5.92 Å². The van der Waals surface area contributed by atoms with Gasteiger partial charge in [-0.2, -0.15) is 0 Å². The van der Waals surface area contributed by atoms with Gasteiger partial charge in [0.1, 0.15) is 5.60 Å². The number of hydrogen-bond donors (Lipinski definition) is 2. The second kappa shape index (κ2) is 3.86. The fourth-order valence-corrected chi connectivity index (χ4v) is 0.864. The summed E-state index contributed by atoms with van der Waals surface area (Å²) in [4.78, 5) is 22.2. The van der Waals surface area contributed by atoms with Crippen LogP contribution in [0.3, 0.4) is 0 Å². The Hall–Kier alpha value is -1.26. The van der Waals surface area contributed by atoms with E-state index < -0.39 is 11.7 Å². The molecule has 0 saturated heterocycles. The summed E-state index contributed by atoms with van der Waals surface area (Å²) in [5, 5.41) is 0. The Kier molecular flexibility index (Phi) is 2.98. The lowest BCUT2D eigenvalue weighted by atomic mass is 10.2. The monoisotopic (exact) mass is 200 g/mol. The molecule has 1 aliphatic carbocycles. The molecule has 14 heavy (non-hydrogen) atoms. The molecule has 1 fully saturated rings. The van der Waals surface area contributed by atoms with Gasteiger partial charge in [-0.1, -0.05) is 0 Å². The lowest BCUT2D eigenvalue weighted by Gasteiger charge is -2.19. The lowest BCUT2D eigenvalue weighted by molar-refractivity contribution is -0.123. The van der Waals surface area contributed by atoms with Gasteiger partial charge in [-0.15, -0.1) is 0 Å². The summed E-state index contributed by atoms with van der Waals surface area (Å²) in [6.07, 6.45) is 1.18. The molecule has 0 bridgehead atoms. The van der Waals surface area contributed by atoms with E-state index in [-0.39, 0.29) is 11.8 Å². The van der Waals surface area contributed by atoms with Crippen LogP contribution in [0.4, 0.5) is 4.79 Å². The van der Waals surface area contributed by atoms with Crippen molar-refractivity contribution in [3.63, 3.8) is 0 Å². The topological polar surface area (TPSA) is 67.4 Å². The molecule has 1 rings (SSSR count). The maximum atomic E-state index is 11.1. The largest absolute Gasteiger partial charge is 0.443 e. The lowest BCUT2D eigenvalue weighted by Crippen LogP contribution is -2.44. The van der Waals surface area contributed by atoms with Crippen LogP contribution in [0.2, 0.25) is 0 Å². The van der Waals surface area contributed by atoms with Crippen molar-refractivity contribution >= 4 is 12.0 Å². The van der Waals surface area contributed by atoms with Crippen LogP contribution in [0.1, 0.15) is 33.6 Å². The first kappa shape index (κ1) is 10.8. The SMILES string of the molecule is CC(C)(C)OC(=O)NNC(=O)C1CC1. The minimum atomic E-state index is -0.633. The molecule has 1 saturated carbocycles. The van der Waals surface area contributed by atoms with E-state index in [4.69, 9.17) is 4.74 Å². The van der Waals surface area contributed by atoms with Crippen molar-refractivity contribution in [2.75, 3.05) is 0 Å². The Balaban J connectivity index is 2.17. The number of hydrogen-bond acceptors (Lipinski definition) is 3. The van der Waals surface area contributed by atoms with E-state index in [1.807, 2.05) is 0 Å². The quantitative estimate of drug-likeness (QED) is 0.619. The number of carbonyl (C=O) groups excluding carboxylic acids is 2. The van der Waals surface area contributed by atoms with Gasteiger partial charge in [-0.3, -0.25) is 10.2 Å². The Morgan fingerprint density at radius 2 is 1.79 bits per heavy atom. The van der Waals surface area contributed by atoms with Crippen LogP contribution in [-0.4, -0.2) is 17.6 Å². The first-order valence-corrected chi connectivity index (χ1v) is 4.67. The van der Waals surface area contributed by atoms with Crippen molar-refractivity contribution in [3.05, 3.63) is 0 Å². The molecule has 80 valence electrons. The number of ether oxygens (including phenoxy) is 1. The van der Waals surface area contributed by atoms with Gasteiger partial charge in [0.15, 0.2) is 0 Å². The fraction of sp³-hybridized carbons (Fsp3) is 0.778. The molecule has 0 aromatic carbocycles. The van der Waals surface area contributed by atoms with Crippen LogP contribution in [-0.2, 0) is 9.53 Å². The van der Waals surface area contributed by atoms with Crippen LogP contribution >= 0.6 is 0 Å². The third-order valence-corrected chi connectivity index (χ3v) is 1.63. The summed E-state index contributed by atoms with van der Waals surface area (Å²) in [5.74, 6) is -0.0687. The first-order valence-electron chi connectivity index (χ1n) is 4.67. The van der Waals surface area contributed by atoms with Gasteiger partial charge >= 0.3 is 6.09 Å². The molecular formula is C9H16N2O3. The maximum absolute atomic E-state index is 11.1. The smallest absolute Gasteiger partial charge is 0.426 e. The van der Waals surface area contributed by atoms with Gasteiger partial charge < -0.3 is 4.74 Å². The molecule has 0 spiro atoms. The van der Waals surface area contributed by atoms with Gasteiger partial charge in [0.05, 0.1) is 0 Å². The summed E-state index contributed by atoms with van der Waals surface area (Å²) in [6.45, 7) is 5.28. The summed E-state index contributed by atoms with van der Waals surface area (Å²) in [7, 11) is 0. The summed E-state index contributed by atoms with van der Waals surface area (Å²) in [6, 6.07) is 0. The minimum absolute atomic E-state index is 0.0740. The van der Waals surface area contributed by atoms with Crippen molar-refractivity contribution in [3.8, 4) is 0 Å². The molecular weight excluding hydrogens is 184 g/mol. The molecule has 5 nitrogen and oxygen atoms in total. The summed E-state index contributed by atoms with van der Waals surface area (Å²) < 4.78 is 4.92. The average Bonchev–Trinajstić information content (AvgIpc) is 2.78. The number of hydrazine groups is 1. The van der Waals surface area contributed by atoms with Gasteiger partial charge in [0, 0.05) is 5.92 Å². The zero-order valence-corrected chi connectivity index (χ0v) is 8.72. The molecule has 1 aliphatic rings. The number of amides is 2. The molecule has 2 amide bonds. The summed E-state index contributed by atoms with van der Waals surface area (Å²) in [5.41, 5.74) is 3.96. The minimum Gasteiger partial charge on any atom is -0.443 e. The van der Waals surface area contributed by atoms with Crippen LogP contribution in [0.5, 0.6) is 0 Å². The third kappa shape index (κ3) is 4.11. The Labute approximate surface area is 83.2 Å². The fourth-order valence-electron chi connectivity index (χ4n) is 0.864. The van der Waals surface area contributed by atoms with Crippen molar-refractivity contribution in [1.82, 2.24) is 10.9 Å². The van der Waals surface area contributed by atoms with E-state index >= 15 is 0 Å². The summed E-state index contributed by atoms with van der Waals surface area (Å²) >= 11 is 0. The van der Waals surface area contributed by atoms with E-state index in [9.17, 15) is 9.59 Å².